The van der Waals surface area contributed by atoms with Crippen molar-refractivity contribution in [1.82, 2.24) is 9.47 Å². The molecule has 1 unspecified atom stereocenters. The highest BCUT2D eigenvalue weighted by Crippen LogP contribution is 2.40. The van der Waals surface area contributed by atoms with Crippen molar-refractivity contribution >= 4 is 0 Å². The van der Waals surface area contributed by atoms with Crippen LogP contribution in [0.2, 0.25) is 0 Å². The van der Waals surface area contributed by atoms with Crippen molar-refractivity contribution in [2.45, 2.75) is 60.4 Å². The van der Waals surface area contributed by atoms with Gasteiger partial charge in [-0.2, -0.15) is 0 Å². The van der Waals surface area contributed by atoms with Crippen molar-refractivity contribution in [2.24, 2.45) is 11.3 Å². The zero-order chi connectivity index (χ0) is 18.7. The summed E-state index contributed by atoms with van der Waals surface area (Å²) in [5, 5.41) is 0. The molecule has 1 atom stereocenters. The molecule has 0 fully saturated rings. The van der Waals surface area contributed by atoms with Gasteiger partial charge in [-0.1, -0.05) is 65.0 Å². The molecule has 0 aliphatic heterocycles. The number of fused-ring (bicyclic) bond motifs is 1. The van der Waals surface area contributed by atoms with E-state index in [2.05, 4.69) is 80.5 Å². The number of nitrogens with zero attached hydrogens (tertiary/aromatic N) is 2. The predicted octanol–water partition coefficient (Wildman–Crippen LogP) is 5.65. The number of benzene rings is 1. The van der Waals surface area contributed by atoms with Crippen LogP contribution in [0.4, 0.5) is 0 Å². The van der Waals surface area contributed by atoms with Crippen molar-refractivity contribution in [1.29, 1.82) is 0 Å². The van der Waals surface area contributed by atoms with Crippen molar-refractivity contribution in [2.75, 3.05) is 19.6 Å². The normalized spacial score (nSPS) is 17.5. The van der Waals surface area contributed by atoms with Crippen LogP contribution in [0.25, 0.3) is 11.3 Å². The van der Waals surface area contributed by atoms with E-state index in [-0.39, 0.29) is 0 Å². The predicted molar refractivity (Wildman–Crippen MR) is 113 cm³/mol. The molecule has 0 radical (unpaired) electrons. The van der Waals surface area contributed by atoms with Gasteiger partial charge in [0, 0.05) is 24.5 Å². The van der Waals surface area contributed by atoms with Gasteiger partial charge in [0.25, 0.3) is 0 Å². The Balaban J connectivity index is 1.95. The van der Waals surface area contributed by atoms with Gasteiger partial charge in [0.05, 0.1) is 0 Å². The summed E-state index contributed by atoms with van der Waals surface area (Å²) < 4.78 is 2.63. The molecule has 0 spiro atoms. The number of aromatic nitrogens is 1. The Morgan fingerprint density at radius 3 is 2.38 bits per heavy atom. The Labute approximate surface area is 160 Å². The van der Waals surface area contributed by atoms with Crippen LogP contribution in [0, 0.1) is 11.3 Å². The molecule has 1 aromatic heterocycles. The summed E-state index contributed by atoms with van der Waals surface area (Å²) in [5.74, 6) is 0.789. The Morgan fingerprint density at radius 1 is 1.08 bits per heavy atom. The monoisotopic (exact) mass is 352 g/mol. The van der Waals surface area contributed by atoms with Crippen LogP contribution in [0.15, 0.2) is 36.4 Å². The van der Waals surface area contributed by atoms with Gasteiger partial charge in [-0.3, -0.25) is 0 Å². The van der Waals surface area contributed by atoms with Gasteiger partial charge in [0.2, 0.25) is 0 Å². The first-order chi connectivity index (χ1) is 12.4. The largest absolute Gasteiger partial charge is 0.343 e. The number of hydrogen-bond donors (Lipinski definition) is 0. The van der Waals surface area contributed by atoms with E-state index < -0.39 is 0 Å². The SMILES string of the molecule is CCN(CC)CCn1c(-c2ccccc2)cc2c1CCC(C(C)(C)C)C2. The topological polar surface area (TPSA) is 8.17 Å². The number of rotatable bonds is 6. The molecule has 0 bridgehead atoms. The third-order valence-corrected chi connectivity index (χ3v) is 6.32. The van der Waals surface area contributed by atoms with Crippen molar-refractivity contribution in [3.8, 4) is 11.3 Å². The Kier molecular flexibility index (Phi) is 5.92. The number of likely N-dealkylation sites (N-methyl/N-ethyl adjacent to an activating group) is 1. The van der Waals surface area contributed by atoms with E-state index in [1.165, 1.54) is 30.5 Å². The molecule has 1 aliphatic carbocycles. The molecule has 2 heteroatoms. The minimum Gasteiger partial charge on any atom is -0.343 e. The lowest BCUT2D eigenvalue weighted by Gasteiger charge is -2.34. The lowest BCUT2D eigenvalue weighted by atomic mass is 9.72. The van der Waals surface area contributed by atoms with Crippen LogP contribution in [0.1, 0.15) is 52.3 Å². The second-order valence-corrected chi connectivity index (χ2v) is 8.85. The highest BCUT2D eigenvalue weighted by atomic mass is 15.1. The van der Waals surface area contributed by atoms with Crippen LogP contribution in [-0.4, -0.2) is 29.1 Å². The zero-order valence-corrected chi connectivity index (χ0v) is 17.4. The maximum Gasteiger partial charge on any atom is 0.0485 e. The molecule has 3 rings (SSSR count). The van der Waals surface area contributed by atoms with Crippen molar-refractivity contribution in [3.63, 3.8) is 0 Å². The van der Waals surface area contributed by atoms with Crippen LogP contribution >= 0.6 is 0 Å². The first-order valence-corrected chi connectivity index (χ1v) is 10.4. The molecule has 1 aliphatic rings. The summed E-state index contributed by atoms with van der Waals surface area (Å²) in [6.07, 6.45) is 3.78. The average Bonchev–Trinajstić information content (AvgIpc) is 3.00. The van der Waals surface area contributed by atoms with Crippen molar-refractivity contribution in [3.05, 3.63) is 47.7 Å². The maximum absolute atomic E-state index is 2.63. The van der Waals surface area contributed by atoms with Crippen LogP contribution in [-0.2, 0) is 19.4 Å². The summed E-state index contributed by atoms with van der Waals surface area (Å²) in [7, 11) is 0. The Hall–Kier alpha value is -1.54. The second kappa shape index (κ2) is 8.00. The molecule has 142 valence electrons. The molecule has 1 aromatic carbocycles. The molecule has 2 nitrogen and oxygen atoms in total. The van der Waals surface area contributed by atoms with E-state index in [4.69, 9.17) is 0 Å². The van der Waals surface area contributed by atoms with Gasteiger partial charge >= 0.3 is 0 Å². The Morgan fingerprint density at radius 2 is 1.77 bits per heavy atom. The van der Waals surface area contributed by atoms with E-state index in [0.717, 1.165) is 32.1 Å². The average molecular weight is 353 g/mol. The summed E-state index contributed by atoms with van der Waals surface area (Å²) in [6.45, 7) is 16.2. The molecule has 1 heterocycles. The highest BCUT2D eigenvalue weighted by molar-refractivity contribution is 5.63. The van der Waals surface area contributed by atoms with Gasteiger partial charge in [-0.25, -0.2) is 0 Å². The third-order valence-electron chi connectivity index (χ3n) is 6.32. The minimum atomic E-state index is 0.397. The van der Waals surface area contributed by atoms with Gasteiger partial charge in [-0.15, -0.1) is 0 Å². The van der Waals surface area contributed by atoms with Crippen LogP contribution < -0.4 is 0 Å². The fraction of sp³-hybridized carbons (Fsp3) is 0.583. The smallest absolute Gasteiger partial charge is 0.0485 e. The fourth-order valence-electron chi connectivity index (χ4n) is 4.42. The summed E-state index contributed by atoms with van der Waals surface area (Å²) >= 11 is 0. The van der Waals surface area contributed by atoms with Gasteiger partial charge in [0.15, 0.2) is 0 Å². The molecule has 26 heavy (non-hydrogen) atoms. The second-order valence-electron chi connectivity index (χ2n) is 8.85. The van der Waals surface area contributed by atoms with Gasteiger partial charge < -0.3 is 9.47 Å². The summed E-state index contributed by atoms with van der Waals surface area (Å²) in [6, 6.07) is 13.4. The number of hydrogen-bond acceptors (Lipinski definition) is 1. The van der Waals surface area contributed by atoms with E-state index in [1.807, 2.05) is 0 Å². The van der Waals surface area contributed by atoms with Crippen molar-refractivity contribution < 1.29 is 0 Å². The van der Waals surface area contributed by atoms with Crippen LogP contribution in [0.3, 0.4) is 0 Å². The maximum atomic E-state index is 2.63. The quantitative estimate of drug-likeness (QED) is 0.652. The molecule has 0 saturated carbocycles. The molecular weight excluding hydrogens is 316 g/mol. The summed E-state index contributed by atoms with van der Waals surface area (Å²) in [5.41, 5.74) is 6.35. The van der Waals surface area contributed by atoms with E-state index in [1.54, 1.807) is 11.3 Å². The third kappa shape index (κ3) is 4.06. The van der Waals surface area contributed by atoms with E-state index in [9.17, 15) is 0 Å². The zero-order valence-electron chi connectivity index (χ0n) is 17.4. The minimum absolute atomic E-state index is 0.397. The van der Waals surface area contributed by atoms with E-state index >= 15 is 0 Å². The van der Waals surface area contributed by atoms with Crippen LogP contribution in [0.5, 0.6) is 0 Å². The lowest BCUT2D eigenvalue weighted by Crippen LogP contribution is -2.29. The standard InChI is InChI=1S/C24H36N2/c1-6-25(7-2)15-16-26-22-14-13-21(24(3,4)5)17-20(22)18-23(26)19-11-9-8-10-12-19/h8-12,18,21H,6-7,13-17H2,1-5H3. The fourth-order valence-corrected chi connectivity index (χ4v) is 4.42. The Bertz CT molecular complexity index is 702. The lowest BCUT2D eigenvalue weighted by molar-refractivity contribution is 0.213. The molecular formula is C24H36N2. The summed E-state index contributed by atoms with van der Waals surface area (Å²) in [4.78, 5) is 2.53. The highest BCUT2D eigenvalue weighted by Gasteiger charge is 2.31. The first-order valence-electron chi connectivity index (χ1n) is 10.4. The van der Waals surface area contributed by atoms with Gasteiger partial charge in [-0.05, 0) is 60.9 Å². The molecule has 2 aromatic rings. The molecule has 0 saturated heterocycles. The molecule has 0 N–H and O–H groups in total. The molecule has 0 amide bonds. The first kappa shape index (κ1) is 19.2. The van der Waals surface area contributed by atoms with Gasteiger partial charge in [0.1, 0.15) is 0 Å². The van der Waals surface area contributed by atoms with E-state index in [0.29, 0.717) is 5.41 Å².